The van der Waals surface area contributed by atoms with Gasteiger partial charge in [0, 0.05) is 30.5 Å². The first-order chi connectivity index (χ1) is 12.7. The van der Waals surface area contributed by atoms with Gasteiger partial charge in [-0.25, -0.2) is 4.98 Å². The van der Waals surface area contributed by atoms with E-state index in [1.165, 1.54) is 24.9 Å². The van der Waals surface area contributed by atoms with Crippen LogP contribution in [0, 0.1) is 0 Å². The lowest BCUT2D eigenvalue weighted by molar-refractivity contribution is -0.116. The van der Waals surface area contributed by atoms with E-state index in [-0.39, 0.29) is 11.9 Å². The van der Waals surface area contributed by atoms with Gasteiger partial charge < -0.3 is 20.3 Å². The predicted molar refractivity (Wildman–Crippen MR) is 105 cm³/mol. The fourth-order valence-corrected chi connectivity index (χ4v) is 3.06. The largest absolute Gasteiger partial charge is 0.481 e. The van der Waals surface area contributed by atoms with E-state index in [0.717, 1.165) is 24.5 Å². The minimum Gasteiger partial charge on any atom is -0.481 e. The molecule has 1 aliphatic heterocycles. The molecule has 1 aromatic heterocycles. The van der Waals surface area contributed by atoms with Crippen LogP contribution in [0.25, 0.3) is 0 Å². The van der Waals surface area contributed by atoms with Crippen LogP contribution in [0.2, 0.25) is 0 Å². The zero-order valence-electron chi connectivity index (χ0n) is 15.4. The van der Waals surface area contributed by atoms with Crippen LogP contribution in [0.1, 0.15) is 26.2 Å². The smallest absolute Gasteiger partial charge is 0.246 e. The van der Waals surface area contributed by atoms with Crippen molar-refractivity contribution < 1.29 is 9.53 Å². The minimum absolute atomic E-state index is 0.0912. The van der Waals surface area contributed by atoms with Gasteiger partial charge in [0.2, 0.25) is 11.8 Å². The van der Waals surface area contributed by atoms with Crippen molar-refractivity contribution in [2.75, 3.05) is 35.7 Å². The van der Waals surface area contributed by atoms with Crippen molar-refractivity contribution in [3.05, 3.63) is 42.6 Å². The normalized spacial score (nSPS) is 15.2. The number of carbonyl (C=O) groups is 1. The molecule has 6 heteroatoms. The SMILES string of the molecule is COc1ccc(NC(C)C(=O)Nc2ccc(N3CCCCC3)cc2)cn1. The Bertz CT molecular complexity index is 710. The number of anilines is 3. The van der Waals surface area contributed by atoms with Crippen LogP contribution in [0.15, 0.2) is 42.6 Å². The van der Waals surface area contributed by atoms with Gasteiger partial charge in [-0.2, -0.15) is 0 Å². The van der Waals surface area contributed by atoms with Gasteiger partial charge >= 0.3 is 0 Å². The molecule has 138 valence electrons. The molecule has 0 saturated carbocycles. The van der Waals surface area contributed by atoms with Crippen molar-refractivity contribution in [2.45, 2.75) is 32.2 Å². The van der Waals surface area contributed by atoms with Gasteiger partial charge in [0.25, 0.3) is 0 Å². The Morgan fingerprint density at radius 1 is 1.08 bits per heavy atom. The summed E-state index contributed by atoms with van der Waals surface area (Å²) >= 11 is 0. The number of nitrogens with one attached hydrogen (secondary N) is 2. The van der Waals surface area contributed by atoms with E-state index < -0.39 is 0 Å². The van der Waals surface area contributed by atoms with Gasteiger partial charge in [0.15, 0.2) is 0 Å². The number of nitrogens with zero attached hydrogens (tertiary/aromatic N) is 2. The number of hydrogen-bond donors (Lipinski definition) is 2. The third-order valence-electron chi connectivity index (χ3n) is 4.58. The number of ether oxygens (including phenoxy) is 1. The van der Waals surface area contributed by atoms with Gasteiger partial charge in [-0.05, 0) is 56.5 Å². The first-order valence-corrected chi connectivity index (χ1v) is 9.08. The number of benzene rings is 1. The molecule has 1 saturated heterocycles. The van der Waals surface area contributed by atoms with E-state index in [2.05, 4.69) is 32.7 Å². The van der Waals surface area contributed by atoms with Crippen LogP contribution in [-0.4, -0.2) is 37.1 Å². The molecule has 6 nitrogen and oxygen atoms in total. The van der Waals surface area contributed by atoms with Crippen LogP contribution in [0.5, 0.6) is 5.88 Å². The summed E-state index contributed by atoms with van der Waals surface area (Å²) < 4.78 is 5.03. The maximum absolute atomic E-state index is 12.4. The summed E-state index contributed by atoms with van der Waals surface area (Å²) in [6.07, 6.45) is 5.47. The number of amides is 1. The maximum Gasteiger partial charge on any atom is 0.246 e. The van der Waals surface area contributed by atoms with E-state index in [0.29, 0.717) is 5.88 Å². The monoisotopic (exact) mass is 354 g/mol. The lowest BCUT2D eigenvalue weighted by atomic mass is 10.1. The molecule has 0 aliphatic carbocycles. The topological polar surface area (TPSA) is 66.5 Å². The first kappa shape index (κ1) is 18.0. The summed E-state index contributed by atoms with van der Waals surface area (Å²) in [5, 5.41) is 6.09. The van der Waals surface area contributed by atoms with E-state index in [9.17, 15) is 4.79 Å². The zero-order valence-corrected chi connectivity index (χ0v) is 15.4. The zero-order chi connectivity index (χ0) is 18.4. The van der Waals surface area contributed by atoms with Crippen molar-refractivity contribution >= 4 is 23.0 Å². The molecule has 2 aromatic rings. The van der Waals surface area contributed by atoms with Gasteiger partial charge in [-0.1, -0.05) is 0 Å². The molecule has 3 rings (SSSR count). The quantitative estimate of drug-likeness (QED) is 0.831. The van der Waals surface area contributed by atoms with Gasteiger partial charge in [0.05, 0.1) is 19.0 Å². The predicted octanol–water partition coefficient (Wildman–Crippen LogP) is 3.52. The van der Waals surface area contributed by atoms with E-state index in [1.807, 2.05) is 25.1 Å². The van der Waals surface area contributed by atoms with Gasteiger partial charge in [-0.15, -0.1) is 0 Å². The highest BCUT2D eigenvalue weighted by Crippen LogP contribution is 2.22. The van der Waals surface area contributed by atoms with Gasteiger partial charge in [0.1, 0.15) is 6.04 Å². The summed E-state index contributed by atoms with van der Waals surface area (Å²) in [6.45, 7) is 4.05. The second kappa shape index (κ2) is 8.56. The van der Waals surface area contributed by atoms with Crippen LogP contribution in [0.3, 0.4) is 0 Å². The molecule has 1 aromatic carbocycles. The average Bonchev–Trinajstić information content (AvgIpc) is 2.70. The Morgan fingerprint density at radius 2 is 1.77 bits per heavy atom. The molecular weight excluding hydrogens is 328 g/mol. The number of carbonyl (C=O) groups excluding carboxylic acids is 1. The Kier molecular flexibility index (Phi) is 5.94. The molecule has 1 atom stereocenters. The second-order valence-electron chi connectivity index (χ2n) is 6.54. The number of methoxy groups -OCH3 is 1. The number of aromatic nitrogens is 1. The number of pyridine rings is 1. The molecule has 2 heterocycles. The lowest BCUT2D eigenvalue weighted by Gasteiger charge is -2.28. The Labute approximate surface area is 154 Å². The molecule has 1 fully saturated rings. The number of rotatable bonds is 6. The Morgan fingerprint density at radius 3 is 2.38 bits per heavy atom. The highest BCUT2D eigenvalue weighted by molar-refractivity contribution is 5.96. The van der Waals surface area contributed by atoms with E-state index >= 15 is 0 Å². The molecule has 1 amide bonds. The number of hydrogen-bond acceptors (Lipinski definition) is 5. The van der Waals surface area contributed by atoms with Crippen molar-refractivity contribution in [3.8, 4) is 5.88 Å². The van der Waals surface area contributed by atoms with Crippen molar-refractivity contribution in [1.29, 1.82) is 0 Å². The fourth-order valence-electron chi connectivity index (χ4n) is 3.06. The lowest BCUT2D eigenvalue weighted by Crippen LogP contribution is -2.32. The van der Waals surface area contributed by atoms with Crippen LogP contribution < -0.4 is 20.3 Å². The maximum atomic E-state index is 12.4. The van der Waals surface area contributed by atoms with E-state index in [4.69, 9.17) is 4.74 Å². The third kappa shape index (κ3) is 4.65. The summed E-state index contributed by atoms with van der Waals surface area (Å²) in [5.74, 6) is 0.452. The highest BCUT2D eigenvalue weighted by Gasteiger charge is 2.14. The third-order valence-corrected chi connectivity index (χ3v) is 4.58. The average molecular weight is 354 g/mol. The summed E-state index contributed by atoms with van der Waals surface area (Å²) in [4.78, 5) is 18.9. The minimum atomic E-state index is -0.382. The second-order valence-corrected chi connectivity index (χ2v) is 6.54. The van der Waals surface area contributed by atoms with Crippen molar-refractivity contribution in [1.82, 2.24) is 4.98 Å². The van der Waals surface area contributed by atoms with Crippen LogP contribution in [-0.2, 0) is 4.79 Å². The summed E-state index contributed by atoms with van der Waals surface area (Å²) in [6, 6.07) is 11.3. The van der Waals surface area contributed by atoms with Gasteiger partial charge in [-0.3, -0.25) is 4.79 Å². The van der Waals surface area contributed by atoms with E-state index in [1.54, 1.807) is 19.4 Å². The molecule has 2 N–H and O–H groups in total. The molecular formula is C20H26N4O2. The van der Waals surface area contributed by atoms with Crippen LogP contribution >= 0.6 is 0 Å². The van der Waals surface area contributed by atoms with Crippen molar-refractivity contribution in [3.63, 3.8) is 0 Å². The molecule has 1 unspecified atom stereocenters. The summed E-state index contributed by atoms with van der Waals surface area (Å²) in [5.41, 5.74) is 2.80. The summed E-state index contributed by atoms with van der Waals surface area (Å²) in [7, 11) is 1.57. The van der Waals surface area contributed by atoms with Crippen LogP contribution in [0.4, 0.5) is 17.1 Å². The highest BCUT2D eigenvalue weighted by atomic mass is 16.5. The first-order valence-electron chi connectivity index (χ1n) is 9.08. The molecule has 0 spiro atoms. The van der Waals surface area contributed by atoms with Crippen molar-refractivity contribution in [2.24, 2.45) is 0 Å². The molecule has 26 heavy (non-hydrogen) atoms. The molecule has 0 bridgehead atoms. The Balaban J connectivity index is 1.54. The standard InChI is InChI=1S/C20H26N4O2/c1-15(22-17-8-11-19(26-2)21-14-17)20(25)23-16-6-9-18(10-7-16)24-12-4-3-5-13-24/h6-11,14-15,22H,3-5,12-13H2,1-2H3,(H,23,25). The number of piperidine rings is 1. The molecule has 0 radical (unpaired) electrons. The molecule has 1 aliphatic rings. The fraction of sp³-hybridized carbons (Fsp3) is 0.400. The Hall–Kier alpha value is -2.76.